The molecule has 4 rings (SSSR count). The highest BCUT2D eigenvalue weighted by atomic mass is 31.2. The highest BCUT2D eigenvalue weighted by molar-refractivity contribution is 7.52. The van der Waals surface area contributed by atoms with Crippen LogP contribution in [0.15, 0.2) is 82.5 Å². The Morgan fingerprint density at radius 3 is 1.94 bits per heavy atom. The molecule has 0 saturated carbocycles. The van der Waals surface area contributed by atoms with E-state index in [0.29, 0.717) is 0 Å². The summed E-state index contributed by atoms with van der Waals surface area (Å²) in [7, 11) is -7.16. The van der Waals surface area contributed by atoms with Gasteiger partial charge in [-0.15, -0.1) is 6.42 Å². The second-order valence-electron chi connectivity index (χ2n) is 10.9. The van der Waals surface area contributed by atoms with Gasteiger partial charge in [0.15, 0.2) is 11.8 Å². The number of terminal acetylenes is 1. The third-order valence-corrected chi connectivity index (χ3v) is 10.5. The minimum Gasteiger partial charge on any atom is -0.468 e. The summed E-state index contributed by atoms with van der Waals surface area (Å²) in [6.45, 7) is 1.78. The van der Waals surface area contributed by atoms with Crippen LogP contribution in [-0.2, 0) is 42.0 Å². The summed E-state index contributed by atoms with van der Waals surface area (Å²) >= 11 is 0. The fourth-order valence-electron chi connectivity index (χ4n) is 4.75. The summed E-state index contributed by atoms with van der Waals surface area (Å²) in [6, 6.07) is 13.8. The maximum atomic E-state index is 14.5. The Bertz CT molecular complexity index is 1940. The predicted octanol–water partition coefficient (Wildman–Crippen LogP) is 1.88. The number of aromatic nitrogens is 2. The number of carbonyl (C=O) groups is 2. The lowest BCUT2D eigenvalue weighted by atomic mass is 9.95. The first-order valence-electron chi connectivity index (χ1n) is 15.1. The normalized spacial score (nSPS) is 23.4. The third kappa shape index (κ3) is 9.61. The zero-order valence-corrected chi connectivity index (χ0v) is 29.5. The molecule has 2 aromatic carbocycles. The number of ether oxygens (including phenoxy) is 3. The number of rotatable bonds is 16. The van der Waals surface area contributed by atoms with Crippen LogP contribution >= 0.6 is 15.5 Å². The molecule has 3 aromatic rings. The van der Waals surface area contributed by atoms with E-state index in [2.05, 4.69) is 16.1 Å². The number of aromatic amines is 1. The van der Waals surface area contributed by atoms with Crippen LogP contribution in [-0.4, -0.2) is 77.3 Å². The van der Waals surface area contributed by atoms with Crippen molar-refractivity contribution in [2.45, 2.75) is 50.0 Å². The molecular weight excluding hydrogens is 714 g/mol. The van der Waals surface area contributed by atoms with Gasteiger partial charge in [0, 0.05) is 12.3 Å². The average Bonchev–Trinajstić information content (AvgIpc) is 3.37. The lowest BCUT2D eigenvalue weighted by Gasteiger charge is -2.32. The van der Waals surface area contributed by atoms with Crippen molar-refractivity contribution in [2.24, 2.45) is 0 Å². The zero-order valence-electron chi connectivity index (χ0n) is 27.7. The number of nitrogens with one attached hydrogen (secondary N) is 3. The van der Waals surface area contributed by atoms with E-state index in [-0.39, 0.29) is 11.5 Å². The molecule has 8 atom stereocenters. The zero-order chi connectivity index (χ0) is 37.4. The van der Waals surface area contributed by atoms with Crippen molar-refractivity contribution < 1.29 is 56.1 Å². The van der Waals surface area contributed by atoms with Crippen molar-refractivity contribution in [1.82, 2.24) is 19.7 Å². The smallest absolute Gasteiger partial charge is 0.459 e. The van der Waals surface area contributed by atoms with Gasteiger partial charge in [0.1, 0.15) is 35.8 Å². The molecule has 4 N–H and O–H groups in total. The van der Waals surface area contributed by atoms with Gasteiger partial charge in [-0.05, 0) is 38.1 Å². The number of hydrogen-bond acceptors (Lipinski definition) is 14. The van der Waals surface area contributed by atoms with Crippen molar-refractivity contribution >= 4 is 27.4 Å². The standard InChI is InChI=1S/C31H36N4O14P2/c1-6-31(40)26(49-51(42,34-21(3)28(38)44-5)48-23-15-11-8-12-16-23)24(46-29(31)35-18-17-25(36)32-30(35)39)19-45-50(41,33-20(2)27(37)43-4)47-22-13-9-7-10-14-22/h1,7-18,20-21,24,26,29,40H,19H2,2-5H3,(H,33,41)(H,34,42)(H,32,36,39)/t20-,21-,24+,26+,29?,31-,50?,51?/m0/s1. The molecule has 274 valence electrons. The Labute approximate surface area is 291 Å². The molecule has 0 bridgehead atoms. The Balaban J connectivity index is 1.78. The number of methoxy groups -OCH3 is 2. The van der Waals surface area contributed by atoms with Crippen molar-refractivity contribution in [1.29, 1.82) is 0 Å². The molecular formula is C31H36N4O14P2. The van der Waals surface area contributed by atoms with E-state index in [0.717, 1.165) is 31.0 Å². The van der Waals surface area contributed by atoms with E-state index in [9.17, 15) is 33.4 Å². The van der Waals surface area contributed by atoms with Crippen LogP contribution in [0.4, 0.5) is 0 Å². The Kier molecular flexibility index (Phi) is 12.8. The molecule has 2 heterocycles. The molecule has 1 fully saturated rings. The summed E-state index contributed by atoms with van der Waals surface area (Å²) in [4.78, 5) is 51.3. The first-order valence-corrected chi connectivity index (χ1v) is 18.1. The van der Waals surface area contributed by atoms with Gasteiger partial charge in [-0.2, -0.15) is 10.2 Å². The number of esters is 2. The lowest BCUT2D eigenvalue weighted by molar-refractivity contribution is -0.143. The van der Waals surface area contributed by atoms with Crippen molar-refractivity contribution in [3.8, 4) is 23.8 Å². The molecule has 0 spiro atoms. The van der Waals surface area contributed by atoms with Gasteiger partial charge in [0.2, 0.25) is 0 Å². The molecule has 1 aromatic heterocycles. The molecule has 0 radical (unpaired) electrons. The molecule has 0 aliphatic carbocycles. The van der Waals surface area contributed by atoms with Gasteiger partial charge < -0.3 is 28.4 Å². The van der Waals surface area contributed by atoms with E-state index < -0.39 is 81.4 Å². The summed E-state index contributed by atoms with van der Waals surface area (Å²) in [5, 5.41) is 16.9. The van der Waals surface area contributed by atoms with Crippen LogP contribution in [0.2, 0.25) is 0 Å². The van der Waals surface area contributed by atoms with Crippen LogP contribution in [0, 0.1) is 12.3 Å². The van der Waals surface area contributed by atoms with Gasteiger partial charge in [-0.25, -0.2) is 13.9 Å². The SMILES string of the molecule is C#C[C@@]1(O)C(n2ccc(=O)[nH]c2=O)O[C@H](COP(=O)(N[C@@H](C)C(=O)OC)Oc2ccccc2)[C@H]1OP(=O)(N[C@@H](C)C(=O)OC)Oc1ccccc1. The summed E-state index contributed by atoms with van der Waals surface area (Å²) in [5.41, 5.74) is -4.55. The Morgan fingerprint density at radius 2 is 1.45 bits per heavy atom. The minimum atomic E-state index is -4.81. The molecule has 1 aliphatic rings. The number of para-hydroxylation sites is 2. The Hall–Kier alpha value is -4.56. The quantitative estimate of drug-likeness (QED) is 0.0930. The van der Waals surface area contributed by atoms with Crippen LogP contribution < -0.4 is 30.5 Å². The second kappa shape index (κ2) is 16.6. The van der Waals surface area contributed by atoms with Gasteiger partial charge in [-0.1, -0.05) is 42.3 Å². The second-order valence-corrected chi connectivity index (χ2v) is 14.2. The summed E-state index contributed by atoms with van der Waals surface area (Å²) in [5.74, 6) is 0.469. The van der Waals surface area contributed by atoms with Crippen molar-refractivity contribution in [2.75, 3.05) is 20.8 Å². The minimum absolute atomic E-state index is 0.00322. The van der Waals surface area contributed by atoms with Crippen LogP contribution in [0.1, 0.15) is 20.1 Å². The number of aliphatic hydroxyl groups is 1. The fraction of sp³-hybridized carbons (Fsp3) is 0.355. The average molecular weight is 751 g/mol. The molecule has 0 amide bonds. The number of benzene rings is 2. The van der Waals surface area contributed by atoms with Crippen LogP contribution in [0.5, 0.6) is 11.5 Å². The maximum absolute atomic E-state index is 14.5. The van der Waals surface area contributed by atoms with E-state index >= 15 is 0 Å². The third-order valence-electron chi connectivity index (χ3n) is 7.20. The van der Waals surface area contributed by atoms with E-state index in [1.807, 2.05) is 4.98 Å². The lowest BCUT2D eigenvalue weighted by Crippen LogP contribution is -2.50. The number of carbonyl (C=O) groups excluding carboxylic acids is 2. The molecule has 1 saturated heterocycles. The van der Waals surface area contributed by atoms with Crippen LogP contribution in [0.25, 0.3) is 0 Å². The number of H-pyrrole nitrogens is 1. The van der Waals surface area contributed by atoms with Crippen LogP contribution in [0.3, 0.4) is 0 Å². The predicted molar refractivity (Wildman–Crippen MR) is 178 cm³/mol. The summed E-state index contributed by atoms with van der Waals surface area (Å²) < 4.78 is 67.7. The number of nitrogens with zero attached hydrogens (tertiary/aromatic N) is 1. The maximum Gasteiger partial charge on any atom is 0.459 e. The first kappa shape index (κ1) is 39.2. The fourth-order valence-corrected chi connectivity index (χ4v) is 7.98. The van der Waals surface area contributed by atoms with Gasteiger partial charge in [-0.3, -0.25) is 33.0 Å². The van der Waals surface area contributed by atoms with Gasteiger partial charge in [0.25, 0.3) is 5.56 Å². The molecule has 20 heteroatoms. The van der Waals surface area contributed by atoms with Gasteiger partial charge >= 0.3 is 33.1 Å². The highest BCUT2D eigenvalue weighted by Gasteiger charge is 2.60. The molecule has 18 nitrogen and oxygen atoms in total. The monoisotopic (exact) mass is 750 g/mol. The highest BCUT2D eigenvalue weighted by Crippen LogP contribution is 2.53. The van der Waals surface area contributed by atoms with Crippen molar-refractivity contribution in [3.05, 3.63) is 93.8 Å². The molecule has 51 heavy (non-hydrogen) atoms. The van der Waals surface area contributed by atoms with Crippen molar-refractivity contribution in [3.63, 3.8) is 0 Å². The topological polar surface area (TPSA) is 232 Å². The molecule has 3 unspecified atom stereocenters. The first-order chi connectivity index (χ1) is 24.2. The van der Waals surface area contributed by atoms with Gasteiger partial charge in [0.05, 0.1) is 20.8 Å². The number of hydrogen-bond donors (Lipinski definition) is 4. The largest absolute Gasteiger partial charge is 0.468 e. The van der Waals surface area contributed by atoms with E-state index in [1.54, 1.807) is 36.4 Å². The van der Waals surface area contributed by atoms with E-state index in [1.165, 1.54) is 38.1 Å². The van der Waals surface area contributed by atoms with E-state index in [4.69, 9.17) is 38.7 Å². The molecule has 1 aliphatic heterocycles. The summed E-state index contributed by atoms with van der Waals surface area (Å²) in [6.07, 6.45) is 1.30. The Morgan fingerprint density at radius 1 is 0.941 bits per heavy atom.